The van der Waals surface area contributed by atoms with Crippen LogP contribution >= 0.6 is 23.2 Å². The number of benzene rings is 2. The Morgan fingerprint density at radius 1 is 0.613 bits per heavy atom. The highest BCUT2D eigenvalue weighted by atomic mass is 35.5. The predicted molar refractivity (Wildman–Crippen MR) is 137 cm³/mol. The number of hydrogen-bond acceptors (Lipinski definition) is 2. The van der Waals surface area contributed by atoms with Gasteiger partial charge in [-0.15, -0.1) is 23.2 Å². The largest absolute Gasteiger partial charge is 0.494 e. The van der Waals surface area contributed by atoms with Crippen LogP contribution in [0.5, 0.6) is 11.5 Å². The Bertz CT molecular complexity index is 732. The minimum Gasteiger partial charge on any atom is -0.494 e. The minimum atomic E-state index is 0.785. The summed E-state index contributed by atoms with van der Waals surface area (Å²) >= 11 is 11.4. The number of ether oxygens (including phenoxy) is 2. The zero-order valence-electron chi connectivity index (χ0n) is 19.3. The fourth-order valence-electron chi connectivity index (χ4n) is 3.87. The molecule has 2 nitrogen and oxygen atoms in total. The van der Waals surface area contributed by atoms with Gasteiger partial charge in [0.05, 0.1) is 13.2 Å². The number of aryl methyl sites for hydroxylation is 1. The summed E-state index contributed by atoms with van der Waals surface area (Å²) in [6.45, 7) is 3.72. The normalized spacial score (nSPS) is 11.2. The fourth-order valence-corrected chi connectivity index (χ4v) is 4.25. The number of unbranched alkanes of at least 4 members (excludes halogenated alkanes) is 10. The van der Waals surface area contributed by atoms with Gasteiger partial charge in [0.1, 0.15) is 11.5 Å². The molecule has 0 atom stereocenters. The molecule has 2 aromatic rings. The Morgan fingerprint density at radius 3 is 1.77 bits per heavy atom. The first-order valence-electron chi connectivity index (χ1n) is 12.2. The first-order valence-corrected chi connectivity index (χ1v) is 13.2. The summed E-state index contributed by atoms with van der Waals surface area (Å²) in [4.78, 5) is 0. The molecule has 0 radical (unpaired) electrons. The van der Waals surface area contributed by atoms with Crippen LogP contribution in [-0.4, -0.2) is 25.0 Å². The van der Waals surface area contributed by atoms with Crippen molar-refractivity contribution >= 4 is 34.0 Å². The van der Waals surface area contributed by atoms with E-state index >= 15 is 0 Å². The highest BCUT2D eigenvalue weighted by Gasteiger charge is 2.06. The van der Waals surface area contributed by atoms with E-state index in [1.54, 1.807) is 0 Å². The van der Waals surface area contributed by atoms with Crippen LogP contribution in [0.2, 0.25) is 0 Å². The van der Waals surface area contributed by atoms with Crippen molar-refractivity contribution in [3.8, 4) is 11.5 Å². The van der Waals surface area contributed by atoms with E-state index in [2.05, 4.69) is 37.3 Å². The third-order valence-electron chi connectivity index (χ3n) is 5.79. The molecule has 174 valence electrons. The molecule has 0 aliphatic rings. The molecule has 0 spiro atoms. The monoisotopic (exact) mass is 466 g/mol. The summed E-state index contributed by atoms with van der Waals surface area (Å²) in [6.07, 6.45) is 14.5. The molecule has 0 bridgehead atoms. The van der Waals surface area contributed by atoms with Crippen molar-refractivity contribution in [1.29, 1.82) is 0 Å². The SMILES string of the molecule is Cc1c(OCCCCCCCCCl)ccc2cc(OCCCCCCCCCl)ccc12. The number of alkyl halides is 2. The Labute approximate surface area is 199 Å². The topological polar surface area (TPSA) is 18.5 Å². The van der Waals surface area contributed by atoms with Gasteiger partial charge in [-0.1, -0.05) is 63.5 Å². The molecular formula is C27H40Cl2O2. The number of fused-ring (bicyclic) bond motifs is 1. The Morgan fingerprint density at radius 2 is 1.16 bits per heavy atom. The standard InChI is InChI=1S/C27H40Cl2O2/c1-23-26-16-15-25(30-20-12-8-4-2-6-10-18-28)22-24(26)14-17-27(23)31-21-13-9-5-3-7-11-19-29/h14-17,22H,2-13,18-21H2,1H3. The van der Waals surface area contributed by atoms with Crippen LogP contribution in [0.15, 0.2) is 30.3 Å². The molecule has 0 N–H and O–H groups in total. The molecule has 0 aliphatic carbocycles. The second-order valence-corrected chi connectivity index (χ2v) is 9.15. The van der Waals surface area contributed by atoms with E-state index in [0.29, 0.717) is 0 Å². The van der Waals surface area contributed by atoms with Crippen LogP contribution in [0.25, 0.3) is 10.8 Å². The first-order chi connectivity index (χ1) is 15.3. The molecular weight excluding hydrogens is 427 g/mol. The first kappa shape index (κ1) is 26.1. The molecule has 0 aromatic heterocycles. The van der Waals surface area contributed by atoms with Gasteiger partial charge in [0.15, 0.2) is 0 Å². The van der Waals surface area contributed by atoms with E-state index in [0.717, 1.165) is 62.2 Å². The van der Waals surface area contributed by atoms with E-state index in [-0.39, 0.29) is 0 Å². The summed E-state index contributed by atoms with van der Waals surface area (Å²) in [5.41, 5.74) is 1.21. The van der Waals surface area contributed by atoms with E-state index < -0.39 is 0 Å². The second-order valence-electron chi connectivity index (χ2n) is 8.39. The van der Waals surface area contributed by atoms with Crippen molar-refractivity contribution in [2.75, 3.05) is 25.0 Å². The zero-order chi connectivity index (χ0) is 22.2. The minimum absolute atomic E-state index is 0.785. The van der Waals surface area contributed by atoms with Crippen molar-refractivity contribution in [3.63, 3.8) is 0 Å². The van der Waals surface area contributed by atoms with E-state index in [4.69, 9.17) is 32.7 Å². The third kappa shape index (κ3) is 10.4. The maximum Gasteiger partial charge on any atom is 0.122 e. The average molecular weight is 468 g/mol. The molecule has 0 amide bonds. The van der Waals surface area contributed by atoms with Crippen molar-refractivity contribution in [3.05, 3.63) is 35.9 Å². The lowest BCUT2D eigenvalue weighted by molar-refractivity contribution is 0.302. The predicted octanol–water partition coefficient (Wildman–Crippen LogP) is 9.06. The fraction of sp³-hybridized carbons (Fsp3) is 0.630. The van der Waals surface area contributed by atoms with Gasteiger partial charge >= 0.3 is 0 Å². The second kappa shape index (κ2) is 16.5. The molecule has 0 saturated heterocycles. The Hall–Kier alpha value is -1.12. The van der Waals surface area contributed by atoms with Gasteiger partial charge in [-0.2, -0.15) is 0 Å². The molecule has 0 saturated carbocycles. The molecule has 2 aromatic carbocycles. The van der Waals surface area contributed by atoms with Crippen molar-refractivity contribution in [1.82, 2.24) is 0 Å². The summed E-state index contributed by atoms with van der Waals surface area (Å²) in [5, 5.41) is 2.45. The Kier molecular flexibility index (Phi) is 13.9. The van der Waals surface area contributed by atoms with Crippen molar-refractivity contribution < 1.29 is 9.47 Å². The molecule has 2 rings (SSSR count). The highest BCUT2D eigenvalue weighted by Crippen LogP contribution is 2.30. The Balaban J connectivity index is 1.71. The smallest absolute Gasteiger partial charge is 0.122 e. The summed E-state index contributed by atoms with van der Waals surface area (Å²) in [7, 11) is 0. The average Bonchev–Trinajstić information content (AvgIpc) is 2.78. The van der Waals surface area contributed by atoms with Gasteiger partial charge in [0, 0.05) is 11.8 Å². The van der Waals surface area contributed by atoms with Crippen molar-refractivity contribution in [2.24, 2.45) is 0 Å². The maximum absolute atomic E-state index is 6.07. The summed E-state index contributed by atoms with van der Waals surface area (Å²) < 4.78 is 12.0. The zero-order valence-corrected chi connectivity index (χ0v) is 20.8. The van der Waals surface area contributed by atoms with Gasteiger partial charge in [0.25, 0.3) is 0 Å². The molecule has 31 heavy (non-hydrogen) atoms. The quantitative estimate of drug-likeness (QED) is 0.161. The van der Waals surface area contributed by atoms with Crippen LogP contribution in [0, 0.1) is 6.92 Å². The number of rotatable bonds is 18. The lowest BCUT2D eigenvalue weighted by Gasteiger charge is -2.13. The lowest BCUT2D eigenvalue weighted by Crippen LogP contribution is -2.00. The van der Waals surface area contributed by atoms with E-state index in [9.17, 15) is 0 Å². The summed E-state index contributed by atoms with van der Waals surface area (Å²) in [6, 6.07) is 10.6. The molecule has 0 unspecified atom stereocenters. The third-order valence-corrected chi connectivity index (χ3v) is 6.33. The summed E-state index contributed by atoms with van der Waals surface area (Å²) in [5.74, 6) is 3.52. The van der Waals surface area contributed by atoms with Crippen LogP contribution in [-0.2, 0) is 0 Å². The van der Waals surface area contributed by atoms with Crippen LogP contribution < -0.4 is 9.47 Å². The van der Waals surface area contributed by atoms with Crippen LogP contribution in [0.4, 0.5) is 0 Å². The van der Waals surface area contributed by atoms with E-state index in [1.165, 1.54) is 67.7 Å². The number of hydrogen-bond donors (Lipinski definition) is 0. The molecule has 0 aliphatic heterocycles. The molecule has 0 heterocycles. The van der Waals surface area contributed by atoms with Gasteiger partial charge in [0.2, 0.25) is 0 Å². The van der Waals surface area contributed by atoms with Gasteiger partial charge in [-0.25, -0.2) is 0 Å². The van der Waals surface area contributed by atoms with Crippen LogP contribution in [0.1, 0.15) is 82.6 Å². The number of halogens is 2. The lowest BCUT2D eigenvalue weighted by atomic mass is 10.0. The van der Waals surface area contributed by atoms with Crippen molar-refractivity contribution in [2.45, 2.75) is 84.0 Å². The van der Waals surface area contributed by atoms with Gasteiger partial charge < -0.3 is 9.47 Å². The van der Waals surface area contributed by atoms with Gasteiger partial charge in [-0.05, 0) is 67.1 Å². The van der Waals surface area contributed by atoms with E-state index in [1.807, 2.05) is 0 Å². The molecule has 4 heteroatoms. The molecule has 0 fully saturated rings. The van der Waals surface area contributed by atoms with Gasteiger partial charge in [-0.3, -0.25) is 0 Å². The highest BCUT2D eigenvalue weighted by molar-refractivity contribution is 6.18. The van der Waals surface area contributed by atoms with Crippen LogP contribution in [0.3, 0.4) is 0 Å². The maximum atomic E-state index is 6.07.